The first kappa shape index (κ1) is 28.0. The van der Waals surface area contributed by atoms with Crippen LogP contribution in [0.5, 0.6) is 5.75 Å². The number of benzene rings is 2. The number of ether oxygens (including phenoxy) is 1. The zero-order valence-corrected chi connectivity index (χ0v) is 22.7. The molecule has 0 radical (unpaired) electrons. The Hall–Kier alpha value is -3.58. The van der Waals surface area contributed by atoms with Gasteiger partial charge in [-0.1, -0.05) is 25.1 Å². The first-order valence-corrected chi connectivity index (χ1v) is 14.5. The van der Waals surface area contributed by atoms with Crippen LogP contribution in [0, 0.1) is 5.41 Å². The molecule has 13 heteroatoms. The lowest BCUT2D eigenvalue weighted by molar-refractivity contribution is -0.137. The van der Waals surface area contributed by atoms with Gasteiger partial charge >= 0.3 is 11.7 Å². The molecule has 9 nitrogen and oxygen atoms in total. The van der Waals surface area contributed by atoms with Crippen molar-refractivity contribution in [2.75, 3.05) is 43.4 Å². The molecule has 0 amide bonds. The zero-order chi connectivity index (χ0) is 28.7. The van der Waals surface area contributed by atoms with Gasteiger partial charge in [0.05, 0.1) is 29.8 Å². The van der Waals surface area contributed by atoms with E-state index in [2.05, 4.69) is 5.10 Å². The zero-order valence-electron chi connectivity index (χ0n) is 21.9. The molecule has 0 atom stereocenters. The Bertz CT molecular complexity index is 1560. The van der Waals surface area contributed by atoms with Crippen molar-refractivity contribution < 1.29 is 26.3 Å². The minimum absolute atomic E-state index is 0.0170. The van der Waals surface area contributed by atoms with E-state index < -0.39 is 27.3 Å². The third-order valence-electron chi connectivity index (χ3n) is 7.27. The maximum atomic E-state index is 13.5. The SMILES string of the molecule is CC1(COc2c(N3CCN(S(=O)(=O)Cc4cccc(N)c4)CC3)cnn(-c3cccc(C(F)(F)F)c3)c2=O)CC1. The van der Waals surface area contributed by atoms with Gasteiger partial charge in [-0.05, 0) is 48.7 Å². The molecule has 2 fully saturated rings. The van der Waals surface area contributed by atoms with Crippen molar-refractivity contribution in [3.63, 3.8) is 0 Å². The molecule has 5 rings (SSSR count). The molecule has 214 valence electrons. The summed E-state index contributed by atoms with van der Waals surface area (Å²) in [6, 6.07) is 11.1. The topological polar surface area (TPSA) is 111 Å². The van der Waals surface area contributed by atoms with Crippen LogP contribution in [0.3, 0.4) is 0 Å². The monoisotopic (exact) mass is 577 g/mol. The number of piperazine rings is 1. The van der Waals surface area contributed by atoms with E-state index >= 15 is 0 Å². The molecule has 0 spiro atoms. The molecule has 40 heavy (non-hydrogen) atoms. The van der Waals surface area contributed by atoms with Gasteiger partial charge in [0, 0.05) is 37.3 Å². The summed E-state index contributed by atoms with van der Waals surface area (Å²) >= 11 is 0. The van der Waals surface area contributed by atoms with Crippen LogP contribution in [0.1, 0.15) is 30.9 Å². The first-order chi connectivity index (χ1) is 18.8. The van der Waals surface area contributed by atoms with Gasteiger partial charge < -0.3 is 15.4 Å². The third kappa shape index (κ3) is 6.09. The van der Waals surface area contributed by atoms with Crippen LogP contribution in [0.4, 0.5) is 24.5 Å². The summed E-state index contributed by atoms with van der Waals surface area (Å²) in [5.41, 5.74) is 5.56. The van der Waals surface area contributed by atoms with Crippen molar-refractivity contribution >= 4 is 21.4 Å². The lowest BCUT2D eigenvalue weighted by Crippen LogP contribution is -2.49. The number of halogens is 3. The molecular formula is C27H30F3N5O4S. The molecule has 0 bridgehead atoms. The molecule has 1 saturated carbocycles. The molecular weight excluding hydrogens is 547 g/mol. The Labute approximate surface area is 230 Å². The van der Waals surface area contributed by atoms with Gasteiger partial charge in [-0.3, -0.25) is 4.79 Å². The Morgan fingerprint density at radius 1 is 1.05 bits per heavy atom. The lowest BCUT2D eigenvalue weighted by Gasteiger charge is -2.35. The van der Waals surface area contributed by atoms with Crippen molar-refractivity contribution in [2.24, 2.45) is 5.41 Å². The lowest BCUT2D eigenvalue weighted by atomic mass is 10.2. The van der Waals surface area contributed by atoms with Gasteiger partial charge in [-0.15, -0.1) is 0 Å². The van der Waals surface area contributed by atoms with Crippen LogP contribution in [-0.2, 0) is 22.0 Å². The molecule has 2 aliphatic rings. The number of alkyl halides is 3. The number of nitrogens with two attached hydrogens (primary N) is 1. The van der Waals surface area contributed by atoms with E-state index in [0.29, 0.717) is 16.9 Å². The summed E-state index contributed by atoms with van der Waals surface area (Å²) in [6.07, 6.45) is -1.30. The fourth-order valence-electron chi connectivity index (χ4n) is 4.58. The molecule has 1 saturated heterocycles. The Morgan fingerprint density at radius 2 is 1.75 bits per heavy atom. The number of sulfonamides is 1. The summed E-state index contributed by atoms with van der Waals surface area (Å²) in [4.78, 5) is 15.4. The van der Waals surface area contributed by atoms with Crippen LogP contribution in [0.15, 0.2) is 59.5 Å². The third-order valence-corrected chi connectivity index (χ3v) is 9.12. The number of hydrogen-bond acceptors (Lipinski definition) is 7. The highest BCUT2D eigenvalue weighted by Crippen LogP contribution is 2.45. The summed E-state index contributed by atoms with van der Waals surface area (Å²) in [7, 11) is -3.61. The maximum absolute atomic E-state index is 13.5. The van der Waals surface area contributed by atoms with Gasteiger partial charge in [0.15, 0.2) is 0 Å². The number of rotatable bonds is 8. The van der Waals surface area contributed by atoms with Gasteiger partial charge in [-0.25, -0.2) is 8.42 Å². The summed E-state index contributed by atoms with van der Waals surface area (Å²) in [5.74, 6) is -0.198. The molecule has 2 N–H and O–H groups in total. The highest BCUT2D eigenvalue weighted by molar-refractivity contribution is 7.88. The molecule has 1 aliphatic carbocycles. The second-order valence-corrected chi connectivity index (χ2v) is 12.6. The number of nitrogen functional groups attached to an aromatic ring is 1. The largest absolute Gasteiger partial charge is 0.486 e. The van der Waals surface area contributed by atoms with Gasteiger partial charge in [-0.2, -0.15) is 27.3 Å². The highest BCUT2D eigenvalue weighted by atomic mass is 32.2. The minimum atomic E-state index is -4.58. The Morgan fingerprint density at radius 3 is 2.40 bits per heavy atom. The summed E-state index contributed by atoms with van der Waals surface area (Å²) in [5, 5.41) is 4.17. The van der Waals surface area contributed by atoms with E-state index in [4.69, 9.17) is 10.5 Å². The standard InChI is InChI=1S/C27H30F3N5O4S/c1-26(8-9-26)18-39-24-23(16-32-35(25(24)36)22-7-3-5-20(15-22)27(28,29)30)33-10-12-34(13-11-33)40(37,38)17-19-4-2-6-21(31)14-19/h2-7,14-16H,8-13,17-18,31H2,1H3. The van der Waals surface area contributed by atoms with Crippen LogP contribution in [0.2, 0.25) is 0 Å². The molecule has 1 aromatic heterocycles. The molecule has 0 unspecified atom stereocenters. The van der Waals surface area contributed by atoms with Gasteiger partial charge in [0.2, 0.25) is 15.8 Å². The predicted molar refractivity (Wildman–Crippen MR) is 145 cm³/mol. The Balaban J connectivity index is 1.39. The van der Waals surface area contributed by atoms with E-state index in [1.54, 1.807) is 24.3 Å². The average molecular weight is 578 g/mol. The van der Waals surface area contributed by atoms with Crippen LogP contribution in [-0.4, -0.2) is 55.3 Å². The normalized spacial score (nSPS) is 17.6. The van der Waals surface area contributed by atoms with Crippen molar-refractivity contribution in [3.05, 3.63) is 76.2 Å². The number of aromatic nitrogens is 2. The first-order valence-electron chi connectivity index (χ1n) is 12.8. The number of hydrogen-bond donors (Lipinski definition) is 1. The van der Waals surface area contributed by atoms with Crippen LogP contribution in [0.25, 0.3) is 5.69 Å². The van der Waals surface area contributed by atoms with Crippen LogP contribution >= 0.6 is 0 Å². The Kier molecular flexibility index (Phi) is 7.29. The molecule has 2 heterocycles. The van der Waals surface area contributed by atoms with Crippen molar-refractivity contribution in [1.82, 2.24) is 14.1 Å². The van der Waals surface area contributed by atoms with Crippen LogP contribution < -0.4 is 20.9 Å². The number of nitrogens with zero attached hydrogens (tertiary/aromatic N) is 4. The maximum Gasteiger partial charge on any atom is 0.416 e. The quantitative estimate of drug-likeness (QED) is 0.407. The highest BCUT2D eigenvalue weighted by Gasteiger charge is 2.39. The average Bonchev–Trinajstić information content (AvgIpc) is 3.64. The van der Waals surface area contributed by atoms with Gasteiger partial charge in [0.25, 0.3) is 0 Å². The predicted octanol–water partition coefficient (Wildman–Crippen LogP) is 3.66. The molecule has 1 aliphatic heterocycles. The smallest absolute Gasteiger partial charge is 0.416 e. The second-order valence-electron chi connectivity index (χ2n) is 10.6. The number of anilines is 2. The van der Waals surface area contributed by atoms with Crippen molar-refractivity contribution in [2.45, 2.75) is 31.7 Å². The van der Waals surface area contributed by atoms with E-state index in [1.807, 2.05) is 11.8 Å². The fourth-order valence-corrected chi connectivity index (χ4v) is 6.09. The minimum Gasteiger partial charge on any atom is -0.486 e. The van der Waals surface area contributed by atoms with E-state index in [9.17, 15) is 26.4 Å². The fraction of sp³-hybridized carbons (Fsp3) is 0.407. The van der Waals surface area contributed by atoms with Crippen molar-refractivity contribution in [3.8, 4) is 11.4 Å². The second kappa shape index (κ2) is 10.4. The summed E-state index contributed by atoms with van der Waals surface area (Å²) < 4.78 is 74.3. The molecule has 3 aromatic rings. The van der Waals surface area contributed by atoms with Crippen molar-refractivity contribution in [1.29, 1.82) is 0 Å². The van der Waals surface area contributed by atoms with E-state index in [-0.39, 0.29) is 55.4 Å². The van der Waals surface area contributed by atoms with Gasteiger partial charge in [0.1, 0.15) is 5.69 Å². The van der Waals surface area contributed by atoms with E-state index in [0.717, 1.165) is 29.7 Å². The summed E-state index contributed by atoms with van der Waals surface area (Å²) in [6.45, 7) is 3.22. The van der Waals surface area contributed by atoms with E-state index in [1.165, 1.54) is 22.6 Å². The molecule has 2 aromatic carbocycles.